The van der Waals surface area contributed by atoms with Crippen LogP contribution in [0.2, 0.25) is 0 Å². The number of aryl methyl sites for hydroxylation is 1. The zero-order chi connectivity index (χ0) is 20.4. The summed E-state index contributed by atoms with van der Waals surface area (Å²) < 4.78 is 34.9. The Balaban J connectivity index is 1.51. The number of aromatic nitrogens is 1. The van der Waals surface area contributed by atoms with Gasteiger partial charge in [-0.05, 0) is 36.4 Å². The zero-order valence-corrected chi connectivity index (χ0v) is 17.4. The first-order valence-electron chi connectivity index (χ1n) is 9.03. The van der Waals surface area contributed by atoms with Gasteiger partial charge in [-0.3, -0.25) is 4.79 Å². The summed E-state index contributed by atoms with van der Waals surface area (Å²) in [5, 5.41) is 4.21. The minimum atomic E-state index is -3.58. The maximum Gasteiger partial charge on any atom is 0.271 e. The third-order valence-electron chi connectivity index (χ3n) is 4.69. The van der Waals surface area contributed by atoms with Crippen LogP contribution in [0.4, 0.5) is 0 Å². The van der Waals surface area contributed by atoms with E-state index in [1.807, 2.05) is 35.9 Å². The molecule has 8 nitrogen and oxygen atoms in total. The summed E-state index contributed by atoms with van der Waals surface area (Å²) in [4.78, 5) is 13.2. The van der Waals surface area contributed by atoms with Crippen molar-refractivity contribution in [1.29, 1.82) is 0 Å². The van der Waals surface area contributed by atoms with E-state index in [1.165, 1.54) is 39.9 Å². The highest BCUT2D eigenvalue weighted by Crippen LogP contribution is 2.18. The molecule has 3 aromatic rings. The normalized spacial score (nSPS) is 16.2. The topological polar surface area (TPSA) is 93.0 Å². The van der Waals surface area contributed by atoms with Crippen molar-refractivity contribution >= 4 is 37.5 Å². The quantitative estimate of drug-likeness (QED) is 0.633. The van der Waals surface area contributed by atoms with Crippen molar-refractivity contribution < 1.29 is 17.9 Å². The summed E-state index contributed by atoms with van der Waals surface area (Å²) in [6, 6.07) is 13.7. The Kier molecular flexibility index (Phi) is 5.50. The second-order valence-electron chi connectivity index (χ2n) is 6.50. The summed E-state index contributed by atoms with van der Waals surface area (Å²) in [7, 11) is -1.70. The molecule has 1 aliphatic heterocycles. The molecule has 1 saturated heterocycles. The van der Waals surface area contributed by atoms with Gasteiger partial charge in [-0.2, -0.15) is 4.31 Å². The molecule has 152 valence electrons. The fourth-order valence-corrected chi connectivity index (χ4v) is 5.45. The number of nitrogens with one attached hydrogen (secondary N) is 1. The lowest BCUT2D eigenvalue weighted by molar-refractivity contribution is 0.0730. The monoisotopic (exact) mass is 432 g/mol. The number of ether oxygens (including phenoxy) is 1. The largest absolute Gasteiger partial charge is 0.379 e. The number of thiazole rings is 1. The molecule has 1 aliphatic rings. The Morgan fingerprint density at radius 1 is 1.10 bits per heavy atom. The van der Waals surface area contributed by atoms with Crippen LogP contribution < -0.4 is 10.2 Å². The maximum atomic E-state index is 12.7. The fourth-order valence-electron chi connectivity index (χ4n) is 3.07. The van der Waals surface area contributed by atoms with Crippen molar-refractivity contribution in [1.82, 2.24) is 14.3 Å². The smallest absolute Gasteiger partial charge is 0.271 e. The summed E-state index contributed by atoms with van der Waals surface area (Å²) in [6.45, 7) is 1.43. The highest BCUT2D eigenvalue weighted by Gasteiger charge is 2.26. The van der Waals surface area contributed by atoms with Crippen LogP contribution in [-0.2, 0) is 21.8 Å². The molecule has 1 aromatic heterocycles. The van der Waals surface area contributed by atoms with E-state index in [0.29, 0.717) is 36.7 Å². The highest BCUT2D eigenvalue weighted by molar-refractivity contribution is 7.89. The number of sulfonamides is 1. The SMILES string of the molecule is Cn1/c(=N\NC(=O)c2ccc(S(=O)(=O)N3CCOCC3)cc2)sc2ccccc21. The molecule has 0 spiro atoms. The number of nitrogens with zero attached hydrogens (tertiary/aromatic N) is 3. The minimum absolute atomic E-state index is 0.156. The van der Waals surface area contributed by atoms with Gasteiger partial charge in [0.1, 0.15) is 0 Å². The maximum absolute atomic E-state index is 12.7. The van der Waals surface area contributed by atoms with Gasteiger partial charge in [-0.1, -0.05) is 23.5 Å². The number of hydrogen-bond acceptors (Lipinski definition) is 6. The van der Waals surface area contributed by atoms with Crippen LogP contribution in [0.25, 0.3) is 10.2 Å². The summed E-state index contributed by atoms with van der Waals surface area (Å²) in [5.74, 6) is -0.405. The molecule has 0 aliphatic carbocycles. The summed E-state index contributed by atoms with van der Waals surface area (Å²) in [6.07, 6.45) is 0. The lowest BCUT2D eigenvalue weighted by Crippen LogP contribution is -2.40. The van der Waals surface area contributed by atoms with Gasteiger partial charge in [0.2, 0.25) is 14.8 Å². The number of carbonyl (C=O) groups is 1. The van der Waals surface area contributed by atoms with E-state index in [1.54, 1.807) is 0 Å². The molecular weight excluding hydrogens is 412 g/mol. The van der Waals surface area contributed by atoms with Crippen LogP contribution >= 0.6 is 11.3 Å². The van der Waals surface area contributed by atoms with Crippen molar-refractivity contribution in [3.05, 3.63) is 58.9 Å². The third kappa shape index (κ3) is 3.97. The Morgan fingerprint density at radius 3 is 2.48 bits per heavy atom. The van der Waals surface area contributed by atoms with Crippen LogP contribution in [0, 0.1) is 0 Å². The van der Waals surface area contributed by atoms with Crippen LogP contribution in [0.1, 0.15) is 10.4 Å². The molecule has 0 atom stereocenters. The van der Waals surface area contributed by atoms with E-state index in [0.717, 1.165) is 10.2 Å². The van der Waals surface area contributed by atoms with Gasteiger partial charge in [-0.25, -0.2) is 13.8 Å². The Bertz CT molecular complexity index is 1210. The standard InChI is InChI=1S/C19H20N4O4S2/c1-22-16-4-2-3-5-17(16)28-19(22)21-20-18(24)14-6-8-15(9-7-14)29(25,26)23-10-12-27-13-11-23/h2-9H,10-13H2,1H3,(H,20,24)/b21-19+. The molecule has 4 rings (SSSR count). The molecule has 1 amide bonds. The van der Waals surface area contributed by atoms with E-state index in [9.17, 15) is 13.2 Å². The molecule has 29 heavy (non-hydrogen) atoms. The predicted molar refractivity (Wildman–Crippen MR) is 110 cm³/mol. The van der Waals surface area contributed by atoms with Gasteiger partial charge >= 0.3 is 0 Å². The van der Waals surface area contributed by atoms with Crippen LogP contribution in [-0.4, -0.2) is 49.5 Å². The van der Waals surface area contributed by atoms with Crippen LogP contribution in [0.5, 0.6) is 0 Å². The number of para-hydroxylation sites is 1. The van der Waals surface area contributed by atoms with E-state index in [-0.39, 0.29) is 4.90 Å². The Labute approximate surface area is 172 Å². The Morgan fingerprint density at radius 2 is 1.79 bits per heavy atom. The van der Waals surface area contributed by atoms with E-state index in [4.69, 9.17) is 4.74 Å². The highest BCUT2D eigenvalue weighted by atomic mass is 32.2. The molecule has 0 bridgehead atoms. The van der Waals surface area contributed by atoms with Crippen molar-refractivity contribution in [2.45, 2.75) is 4.90 Å². The average Bonchev–Trinajstić information content (AvgIpc) is 3.08. The van der Waals surface area contributed by atoms with Gasteiger partial charge in [0.15, 0.2) is 0 Å². The number of fused-ring (bicyclic) bond motifs is 1. The van der Waals surface area contributed by atoms with E-state index >= 15 is 0 Å². The first-order chi connectivity index (χ1) is 14.0. The molecule has 1 fully saturated rings. The van der Waals surface area contributed by atoms with Crippen molar-refractivity contribution in [3.63, 3.8) is 0 Å². The number of rotatable bonds is 4. The molecule has 0 radical (unpaired) electrons. The van der Waals surface area contributed by atoms with Crippen LogP contribution in [0.3, 0.4) is 0 Å². The molecule has 2 heterocycles. The average molecular weight is 433 g/mol. The number of amides is 1. The number of hydrogen-bond donors (Lipinski definition) is 1. The summed E-state index contributed by atoms with van der Waals surface area (Å²) >= 11 is 1.47. The third-order valence-corrected chi connectivity index (χ3v) is 7.72. The number of morpholine rings is 1. The van der Waals surface area contributed by atoms with Gasteiger partial charge in [-0.15, -0.1) is 5.10 Å². The molecule has 2 aromatic carbocycles. The molecule has 1 N–H and O–H groups in total. The van der Waals surface area contributed by atoms with Gasteiger partial charge in [0.05, 0.1) is 28.3 Å². The van der Waals surface area contributed by atoms with Crippen molar-refractivity contribution in [2.75, 3.05) is 26.3 Å². The second-order valence-corrected chi connectivity index (χ2v) is 9.45. The first-order valence-corrected chi connectivity index (χ1v) is 11.3. The zero-order valence-electron chi connectivity index (χ0n) is 15.7. The van der Waals surface area contributed by atoms with Gasteiger partial charge in [0.25, 0.3) is 5.91 Å². The first kappa shape index (κ1) is 19.8. The number of benzene rings is 2. The lowest BCUT2D eigenvalue weighted by atomic mass is 10.2. The summed E-state index contributed by atoms with van der Waals surface area (Å²) in [5.41, 5.74) is 3.90. The Hall–Kier alpha value is -2.53. The van der Waals surface area contributed by atoms with Crippen molar-refractivity contribution in [3.8, 4) is 0 Å². The lowest BCUT2D eigenvalue weighted by Gasteiger charge is -2.26. The van der Waals surface area contributed by atoms with E-state index < -0.39 is 15.9 Å². The minimum Gasteiger partial charge on any atom is -0.379 e. The van der Waals surface area contributed by atoms with Crippen LogP contribution in [0.15, 0.2) is 58.5 Å². The second kappa shape index (κ2) is 8.07. The fraction of sp³-hybridized carbons (Fsp3) is 0.263. The molecule has 0 saturated carbocycles. The molecule has 0 unspecified atom stereocenters. The number of carbonyl (C=O) groups excluding carboxylic acids is 1. The van der Waals surface area contributed by atoms with Gasteiger partial charge < -0.3 is 9.30 Å². The molecular formula is C19H20N4O4S2. The van der Waals surface area contributed by atoms with E-state index in [2.05, 4.69) is 10.5 Å². The van der Waals surface area contributed by atoms with Crippen molar-refractivity contribution in [2.24, 2.45) is 12.1 Å². The van der Waals surface area contributed by atoms with Gasteiger partial charge in [0, 0.05) is 25.7 Å². The predicted octanol–water partition coefficient (Wildman–Crippen LogP) is 1.51. The molecule has 10 heteroatoms.